The molecule has 2 nitrogen and oxygen atoms in total. The molecular formula is C6H11F5N2. The lowest BCUT2D eigenvalue weighted by Crippen LogP contribution is -2.46. The Kier molecular flexibility index (Phi) is 4.55. The zero-order valence-corrected chi connectivity index (χ0v) is 7.01. The third-order valence-corrected chi connectivity index (χ3v) is 1.31. The van der Waals surface area contributed by atoms with E-state index in [1.807, 2.05) is 5.32 Å². The third kappa shape index (κ3) is 4.37. The van der Waals surface area contributed by atoms with E-state index in [4.69, 9.17) is 0 Å². The van der Waals surface area contributed by atoms with Crippen molar-refractivity contribution < 1.29 is 22.0 Å². The first kappa shape index (κ1) is 12.6. The molecule has 0 aliphatic rings. The van der Waals surface area contributed by atoms with Crippen LogP contribution in [0.15, 0.2) is 0 Å². The summed E-state index contributed by atoms with van der Waals surface area (Å²) in [5.41, 5.74) is 0. The monoisotopic (exact) mass is 206 g/mol. The molecule has 0 fully saturated rings. The average Bonchev–Trinajstić information content (AvgIpc) is 1.96. The van der Waals surface area contributed by atoms with E-state index in [2.05, 4.69) is 5.32 Å². The number of alkyl halides is 5. The van der Waals surface area contributed by atoms with Crippen LogP contribution in [0.1, 0.15) is 0 Å². The Bertz CT molecular complexity index is 144. The fraction of sp³-hybridized carbons (Fsp3) is 1.00. The fourth-order valence-corrected chi connectivity index (χ4v) is 0.559. The van der Waals surface area contributed by atoms with Gasteiger partial charge in [0.1, 0.15) is 0 Å². The Morgan fingerprint density at radius 3 is 1.92 bits per heavy atom. The minimum Gasteiger partial charge on any atom is -0.318 e. The maximum atomic E-state index is 12.2. The first-order valence-electron chi connectivity index (χ1n) is 3.61. The highest BCUT2D eigenvalue weighted by molar-refractivity contribution is 4.78. The van der Waals surface area contributed by atoms with Crippen molar-refractivity contribution >= 4 is 0 Å². The molecule has 2 N–H and O–H groups in total. The summed E-state index contributed by atoms with van der Waals surface area (Å²) in [6.45, 7) is -0.964. The van der Waals surface area contributed by atoms with Crippen molar-refractivity contribution in [3.8, 4) is 0 Å². The Morgan fingerprint density at radius 1 is 1.00 bits per heavy atom. The lowest BCUT2D eigenvalue weighted by atomic mass is 10.3. The van der Waals surface area contributed by atoms with Crippen molar-refractivity contribution in [2.75, 3.05) is 26.7 Å². The van der Waals surface area contributed by atoms with Gasteiger partial charge in [-0.15, -0.1) is 0 Å². The average molecular weight is 206 g/mol. The Labute approximate surface area is 72.5 Å². The molecule has 80 valence electrons. The highest BCUT2D eigenvalue weighted by Crippen LogP contribution is 2.34. The quantitative estimate of drug-likeness (QED) is 0.518. The highest BCUT2D eigenvalue weighted by Gasteiger charge is 2.56. The molecule has 0 rings (SSSR count). The summed E-state index contributed by atoms with van der Waals surface area (Å²) in [5.74, 6) is -4.65. The van der Waals surface area contributed by atoms with Gasteiger partial charge < -0.3 is 10.6 Å². The molecule has 0 aromatic rings. The molecule has 13 heavy (non-hydrogen) atoms. The van der Waals surface area contributed by atoms with Crippen molar-refractivity contribution in [2.24, 2.45) is 0 Å². The van der Waals surface area contributed by atoms with E-state index in [0.29, 0.717) is 6.54 Å². The van der Waals surface area contributed by atoms with Gasteiger partial charge in [-0.3, -0.25) is 0 Å². The van der Waals surface area contributed by atoms with Crippen molar-refractivity contribution in [1.82, 2.24) is 10.6 Å². The summed E-state index contributed by atoms with van der Waals surface area (Å²) < 4.78 is 58.9. The van der Waals surface area contributed by atoms with Gasteiger partial charge in [0.15, 0.2) is 0 Å². The lowest BCUT2D eigenvalue weighted by Gasteiger charge is -2.19. The normalized spacial score (nSPS) is 13.4. The first-order chi connectivity index (χ1) is 5.81. The summed E-state index contributed by atoms with van der Waals surface area (Å²) >= 11 is 0. The van der Waals surface area contributed by atoms with Gasteiger partial charge in [-0.05, 0) is 7.05 Å². The van der Waals surface area contributed by atoms with E-state index in [9.17, 15) is 22.0 Å². The van der Waals surface area contributed by atoms with Gasteiger partial charge in [0, 0.05) is 13.1 Å². The van der Waals surface area contributed by atoms with Gasteiger partial charge in [0.05, 0.1) is 6.54 Å². The molecule has 0 heterocycles. The minimum absolute atomic E-state index is 0.0716. The van der Waals surface area contributed by atoms with E-state index in [-0.39, 0.29) is 6.54 Å². The topological polar surface area (TPSA) is 24.1 Å². The molecule has 0 radical (unpaired) electrons. The maximum absolute atomic E-state index is 12.2. The molecule has 0 aliphatic carbocycles. The second-order valence-corrected chi connectivity index (χ2v) is 2.48. The molecule has 0 aromatic carbocycles. The SMILES string of the molecule is CNCCNCC(F)(F)C(F)(F)F. The number of halogens is 5. The Morgan fingerprint density at radius 2 is 1.54 bits per heavy atom. The second kappa shape index (κ2) is 4.71. The van der Waals surface area contributed by atoms with Crippen LogP contribution in [0.2, 0.25) is 0 Å². The maximum Gasteiger partial charge on any atom is 0.454 e. The number of likely N-dealkylation sites (N-methyl/N-ethyl adjacent to an activating group) is 1. The second-order valence-electron chi connectivity index (χ2n) is 2.48. The van der Waals surface area contributed by atoms with Crippen molar-refractivity contribution in [3.05, 3.63) is 0 Å². The van der Waals surface area contributed by atoms with Crippen LogP contribution in [0.3, 0.4) is 0 Å². The Balaban J connectivity index is 3.77. The minimum atomic E-state index is -5.47. The van der Waals surface area contributed by atoms with Gasteiger partial charge in [-0.25, -0.2) is 0 Å². The first-order valence-corrected chi connectivity index (χ1v) is 3.61. The zero-order valence-electron chi connectivity index (χ0n) is 7.01. The molecule has 0 unspecified atom stereocenters. The van der Waals surface area contributed by atoms with Crippen LogP contribution >= 0.6 is 0 Å². The van der Waals surface area contributed by atoms with Gasteiger partial charge in [0.25, 0.3) is 0 Å². The van der Waals surface area contributed by atoms with Crippen LogP contribution in [0, 0.1) is 0 Å². The van der Waals surface area contributed by atoms with E-state index in [0.717, 1.165) is 0 Å². The van der Waals surface area contributed by atoms with Crippen molar-refractivity contribution in [2.45, 2.75) is 12.1 Å². The lowest BCUT2D eigenvalue weighted by molar-refractivity contribution is -0.279. The van der Waals surface area contributed by atoms with Crippen LogP contribution in [0.25, 0.3) is 0 Å². The van der Waals surface area contributed by atoms with Crippen LogP contribution in [0.5, 0.6) is 0 Å². The number of rotatable bonds is 5. The summed E-state index contributed by atoms with van der Waals surface area (Å²) in [6, 6.07) is 0. The number of hydrogen-bond donors (Lipinski definition) is 2. The summed E-state index contributed by atoms with van der Waals surface area (Å²) in [5, 5.41) is 4.60. The van der Waals surface area contributed by atoms with E-state index >= 15 is 0 Å². The van der Waals surface area contributed by atoms with Crippen molar-refractivity contribution in [3.63, 3.8) is 0 Å². The number of nitrogens with one attached hydrogen (secondary N) is 2. The summed E-state index contributed by atoms with van der Waals surface area (Å²) in [6.07, 6.45) is -5.47. The predicted octanol–water partition coefficient (Wildman–Crippen LogP) is 0.993. The van der Waals surface area contributed by atoms with Gasteiger partial charge in [-0.2, -0.15) is 22.0 Å². The van der Waals surface area contributed by atoms with Gasteiger partial charge in [-0.1, -0.05) is 0 Å². The predicted molar refractivity (Wildman–Crippen MR) is 37.8 cm³/mol. The highest BCUT2D eigenvalue weighted by atomic mass is 19.4. The molecule has 0 aromatic heterocycles. The molecule has 0 saturated carbocycles. The van der Waals surface area contributed by atoms with Crippen LogP contribution in [0.4, 0.5) is 22.0 Å². The van der Waals surface area contributed by atoms with Crippen LogP contribution in [-0.2, 0) is 0 Å². The molecule has 7 heteroatoms. The molecule has 0 spiro atoms. The van der Waals surface area contributed by atoms with E-state index < -0.39 is 18.6 Å². The molecule has 0 aliphatic heterocycles. The smallest absolute Gasteiger partial charge is 0.318 e. The summed E-state index contributed by atoms with van der Waals surface area (Å²) in [4.78, 5) is 0. The van der Waals surface area contributed by atoms with Gasteiger partial charge >= 0.3 is 12.1 Å². The van der Waals surface area contributed by atoms with E-state index in [1.54, 1.807) is 7.05 Å². The molecule has 0 bridgehead atoms. The van der Waals surface area contributed by atoms with Crippen LogP contribution < -0.4 is 10.6 Å². The number of hydrogen-bond acceptors (Lipinski definition) is 2. The molecule has 0 saturated heterocycles. The largest absolute Gasteiger partial charge is 0.454 e. The molecule has 0 amide bonds. The standard InChI is InChI=1S/C6H11F5N2/c1-12-2-3-13-4-5(7,8)6(9,10)11/h12-13H,2-4H2,1H3. The fourth-order valence-electron chi connectivity index (χ4n) is 0.559. The zero-order chi connectivity index (χ0) is 10.5. The van der Waals surface area contributed by atoms with E-state index in [1.165, 1.54) is 0 Å². The summed E-state index contributed by atoms with van der Waals surface area (Å²) in [7, 11) is 1.57. The van der Waals surface area contributed by atoms with Crippen molar-refractivity contribution in [1.29, 1.82) is 0 Å². The van der Waals surface area contributed by atoms with Gasteiger partial charge in [0.2, 0.25) is 0 Å². The Hall–Kier alpha value is -0.430. The molecule has 0 atom stereocenters. The third-order valence-electron chi connectivity index (χ3n) is 1.31. The van der Waals surface area contributed by atoms with Crippen LogP contribution in [-0.4, -0.2) is 38.8 Å². The molecular weight excluding hydrogens is 195 g/mol.